The highest BCUT2D eigenvalue weighted by Gasteiger charge is 2.30. The number of aromatic nitrogens is 3. The molecular weight excluding hydrogens is 324 g/mol. The highest BCUT2D eigenvalue weighted by atomic mass is 35.5. The molecule has 122 valence electrons. The number of pyridine rings is 2. The highest BCUT2D eigenvalue weighted by Crippen LogP contribution is 2.31. The number of likely N-dealkylation sites (tertiary alicyclic amines) is 1. The lowest BCUT2D eigenvalue weighted by molar-refractivity contribution is 0.0606. The minimum Gasteiger partial charge on any atom is -0.330 e. The number of imidazole rings is 1. The van der Waals surface area contributed by atoms with Gasteiger partial charge in [0.1, 0.15) is 11.3 Å². The number of carbonyl (C=O) groups is 1. The topological polar surface area (TPSA) is 50.5 Å². The maximum Gasteiger partial charge on any atom is 0.274 e. The van der Waals surface area contributed by atoms with E-state index in [0.29, 0.717) is 10.7 Å². The van der Waals surface area contributed by atoms with Crippen LogP contribution in [-0.4, -0.2) is 31.7 Å². The fraction of sp³-hybridized carbons (Fsp3) is 0.278. The quantitative estimate of drug-likeness (QED) is 0.714. The van der Waals surface area contributed by atoms with E-state index in [1.165, 1.54) is 0 Å². The van der Waals surface area contributed by atoms with Gasteiger partial charge in [0.15, 0.2) is 0 Å². The maximum atomic E-state index is 13.0. The molecule has 0 spiro atoms. The van der Waals surface area contributed by atoms with Crippen molar-refractivity contribution in [2.24, 2.45) is 0 Å². The van der Waals surface area contributed by atoms with Gasteiger partial charge in [-0.3, -0.25) is 9.78 Å². The summed E-state index contributed by atoms with van der Waals surface area (Å²) in [5.41, 5.74) is 2.25. The molecule has 0 N–H and O–H groups in total. The zero-order valence-corrected chi connectivity index (χ0v) is 13.9. The van der Waals surface area contributed by atoms with Crippen LogP contribution in [0.1, 0.15) is 41.4 Å². The van der Waals surface area contributed by atoms with Gasteiger partial charge in [0, 0.05) is 31.3 Å². The Morgan fingerprint density at radius 1 is 1.21 bits per heavy atom. The molecule has 0 unspecified atom stereocenters. The van der Waals surface area contributed by atoms with Crippen LogP contribution in [0, 0.1) is 0 Å². The van der Waals surface area contributed by atoms with Crippen molar-refractivity contribution in [3.05, 3.63) is 65.3 Å². The van der Waals surface area contributed by atoms with Gasteiger partial charge < -0.3 is 9.30 Å². The summed E-state index contributed by atoms with van der Waals surface area (Å²) < 4.78 is 1.79. The molecule has 3 aromatic heterocycles. The highest BCUT2D eigenvalue weighted by molar-refractivity contribution is 6.30. The van der Waals surface area contributed by atoms with Gasteiger partial charge in [-0.25, -0.2) is 4.98 Å². The van der Waals surface area contributed by atoms with Crippen molar-refractivity contribution >= 4 is 23.2 Å². The first kappa shape index (κ1) is 15.1. The third-order valence-corrected chi connectivity index (χ3v) is 4.69. The van der Waals surface area contributed by atoms with Gasteiger partial charge in [-0.05, 0) is 43.0 Å². The first-order valence-corrected chi connectivity index (χ1v) is 8.45. The zero-order chi connectivity index (χ0) is 16.5. The van der Waals surface area contributed by atoms with Crippen LogP contribution < -0.4 is 0 Å². The second kappa shape index (κ2) is 6.24. The van der Waals surface area contributed by atoms with Crippen molar-refractivity contribution in [3.8, 4) is 0 Å². The first-order valence-electron chi connectivity index (χ1n) is 8.07. The normalized spacial score (nSPS) is 18.0. The number of amides is 1. The number of piperidine rings is 1. The number of carbonyl (C=O) groups excluding carboxylic acids is 1. The van der Waals surface area contributed by atoms with Gasteiger partial charge in [0.05, 0.1) is 11.1 Å². The van der Waals surface area contributed by atoms with Gasteiger partial charge in [-0.15, -0.1) is 0 Å². The lowest BCUT2D eigenvalue weighted by Crippen LogP contribution is -2.38. The van der Waals surface area contributed by atoms with E-state index in [1.54, 1.807) is 29.1 Å². The Morgan fingerprint density at radius 2 is 2.12 bits per heavy atom. The van der Waals surface area contributed by atoms with Gasteiger partial charge in [0.25, 0.3) is 5.91 Å². The Morgan fingerprint density at radius 3 is 2.96 bits per heavy atom. The van der Waals surface area contributed by atoms with E-state index in [9.17, 15) is 4.79 Å². The van der Waals surface area contributed by atoms with E-state index in [-0.39, 0.29) is 11.9 Å². The van der Waals surface area contributed by atoms with E-state index in [2.05, 4.69) is 9.97 Å². The summed E-state index contributed by atoms with van der Waals surface area (Å²) in [5, 5.41) is 0.616. The number of rotatable bonds is 2. The van der Waals surface area contributed by atoms with Crippen LogP contribution in [0.5, 0.6) is 0 Å². The Hall–Kier alpha value is -2.40. The summed E-state index contributed by atoms with van der Waals surface area (Å²) in [6, 6.07) is 7.60. The van der Waals surface area contributed by atoms with E-state index >= 15 is 0 Å². The van der Waals surface area contributed by atoms with E-state index in [1.807, 2.05) is 29.3 Å². The number of nitrogens with zero attached hydrogens (tertiary/aromatic N) is 4. The Balaban J connectivity index is 1.67. The van der Waals surface area contributed by atoms with Crippen molar-refractivity contribution in [1.82, 2.24) is 19.3 Å². The average molecular weight is 341 g/mol. The second-order valence-corrected chi connectivity index (χ2v) is 6.47. The molecule has 0 bridgehead atoms. The SMILES string of the molecule is O=C(c1cn2cc(Cl)ccc2n1)N1CCCC[C@@H]1c1cccnc1. The molecule has 0 saturated carbocycles. The largest absolute Gasteiger partial charge is 0.330 e. The molecule has 1 aliphatic heterocycles. The molecule has 4 rings (SSSR count). The molecule has 24 heavy (non-hydrogen) atoms. The lowest BCUT2D eigenvalue weighted by atomic mass is 9.96. The molecule has 3 aromatic rings. The molecule has 1 fully saturated rings. The van der Waals surface area contributed by atoms with Gasteiger partial charge >= 0.3 is 0 Å². The van der Waals surface area contributed by atoms with E-state index in [0.717, 1.165) is 37.0 Å². The van der Waals surface area contributed by atoms with Gasteiger partial charge in [-0.1, -0.05) is 17.7 Å². The summed E-state index contributed by atoms with van der Waals surface area (Å²) in [4.78, 5) is 23.6. The maximum absolute atomic E-state index is 13.0. The van der Waals surface area contributed by atoms with Crippen molar-refractivity contribution in [1.29, 1.82) is 0 Å². The minimum absolute atomic E-state index is 0.0385. The fourth-order valence-electron chi connectivity index (χ4n) is 3.31. The molecular formula is C18H17ClN4O. The first-order chi connectivity index (χ1) is 11.7. The number of halogens is 1. The van der Waals surface area contributed by atoms with Gasteiger partial charge in [-0.2, -0.15) is 0 Å². The molecule has 6 heteroatoms. The molecule has 0 aromatic carbocycles. The van der Waals surface area contributed by atoms with Crippen molar-refractivity contribution < 1.29 is 4.79 Å². The molecule has 1 atom stereocenters. The Labute approximate surface area is 144 Å². The Bertz CT molecular complexity index is 877. The van der Waals surface area contributed by atoms with Crippen LogP contribution >= 0.6 is 11.6 Å². The third kappa shape index (κ3) is 2.76. The molecule has 1 saturated heterocycles. The lowest BCUT2D eigenvalue weighted by Gasteiger charge is -2.35. The standard InChI is InChI=1S/C18H17ClN4O/c19-14-6-7-17-21-15(12-22(17)11-14)18(24)23-9-2-1-5-16(23)13-4-3-8-20-10-13/h3-4,6-8,10-12,16H,1-2,5,9H2/t16-/m1/s1. The van der Waals surface area contributed by atoms with Crippen molar-refractivity contribution in [3.63, 3.8) is 0 Å². The van der Waals surface area contributed by atoms with E-state index in [4.69, 9.17) is 11.6 Å². The summed E-state index contributed by atoms with van der Waals surface area (Å²) in [7, 11) is 0. The second-order valence-electron chi connectivity index (χ2n) is 6.04. The summed E-state index contributed by atoms with van der Waals surface area (Å²) in [6.07, 6.45) is 10.2. The van der Waals surface area contributed by atoms with Crippen LogP contribution in [0.25, 0.3) is 5.65 Å². The molecule has 0 aliphatic carbocycles. The summed E-state index contributed by atoms with van der Waals surface area (Å²) in [5.74, 6) is -0.0385. The minimum atomic E-state index is -0.0385. The monoisotopic (exact) mass is 340 g/mol. The smallest absolute Gasteiger partial charge is 0.274 e. The molecule has 1 aliphatic rings. The predicted molar refractivity (Wildman–Crippen MR) is 92.1 cm³/mol. The number of hydrogen-bond donors (Lipinski definition) is 0. The zero-order valence-electron chi connectivity index (χ0n) is 13.1. The van der Waals surface area contributed by atoms with Crippen LogP contribution in [0.3, 0.4) is 0 Å². The van der Waals surface area contributed by atoms with Crippen molar-refractivity contribution in [2.75, 3.05) is 6.54 Å². The van der Waals surface area contributed by atoms with Crippen LogP contribution in [0.2, 0.25) is 5.02 Å². The summed E-state index contributed by atoms with van der Waals surface area (Å²) >= 11 is 6.01. The Kier molecular flexibility index (Phi) is 3.94. The third-order valence-electron chi connectivity index (χ3n) is 4.47. The van der Waals surface area contributed by atoms with Crippen LogP contribution in [0.4, 0.5) is 0 Å². The molecule has 5 nitrogen and oxygen atoms in total. The van der Waals surface area contributed by atoms with Crippen LogP contribution in [-0.2, 0) is 0 Å². The van der Waals surface area contributed by atoms with Crippen molar-refractivity contribution in [2.45, 2.75) is 25.3 Å². The molecule has 1 amide bonds. The van der Waals surface area contributed by atoms with Gasteiger partial charge in [0.2, 0.25) is 0 Å². The number of fused-ring (bicyclic) bond motifs is 1. The summed E-state index contributed by atoms with van der Waals surface area (Å²) in [6.45, 7) is 0.743. The predicted octanol–water partition coefficient (Wildman–Crippen LogP) is 3.75. The number of hydrogen-bond acceptors (Lipinski definition) is 3. The average Bonchev–Trinajstić information content (AvgIpc) is 3.05. The fourth-order valence-corrected chi connectivity index (χ4v) is 3.48. The molecule has 4 heterocycles. The molecule has 0 radical (unpaired) electrons. The van der Waals surface area contributed by atoms with E-state index < -0.39 is 0 Å². The van der Waals surface area contributed by atoms with Crippen LogP contribution in [0.15, 0.2) is 49.1 Å².